The van der Waals surface area contributed by atoms with E-state index in [1.54, 1.807) is 19.2 Å². The third-order valence-corrected chi connectivity index (χ3v) is 7.25. The summed E-state index contributed by atoms with van der Waals surface area (Å²) in [7, 11) is 1.61. The molecule has 2 fully saturated rings. The van der Waals surface area contributed by atoms with Gasteiger partial charge in [0.05, 0.1) is 22.7 Å². The Hall–Kier alpha value is -3.03. The summed E-state index contributed by atoms with van der Waals surface area (Å²) in [4.78, 5) is 23.1. The van der Waals surface area contributed by atoms with Crippen LogP contribution in [0.4, 0.5) is 11.5 Å². The highest BCUT2D eigenvalue weighted by molar-refractivity contribution is 6.42. The van der Waals surface area contributed by atoms with E-state index in [-0.39, 0.29) is 24.1 Å². The molecule has 5 rings (SSSR count). The van der Waals surface area contributed by atoms with Crippen LogP contribution in [-0.2, 0) is 4.79 Å². The second-order valence-electron chi connectivity index (χ2n) is 8.54. The Bertz CT molecular complexity index is 1250. The van der Waals surface area contributed by atoms with Gasteiger partial charge in [-0.1, -0.05) is 29.8 Å². The number of benzene rings is 2. The standard InChI is InChI=1S/C25H24Cl2N4O3/c1-3-24(32)31-15-5-6-16(31)10-17(9-15)34-23-11-18-21(12-22(23)33-2)28-13-29-25(18)30-14-4-7-19(26)20(27)8-14/h3-4,7-8,11-13,15-17H,1,5-6,9-10H2,2H3,(H,28,29,30)/t15-,16+,17?. The molecule has 3 aromatic rings. The van der Waals surface area contributed by atoms with Gasteiger partial charge in [-0.2, -0.15) is 0 Å². The van der Waals surface area contributed by atoms with E-state index in [0.717, 1.165) is 36.8 Å². The second-order valence-corrected chi connectivity index (χ2v) is 9.36. The Kier molecular flexibility index (Phi) is 6.23. The zero-order valence-corrected chi connectivity index (χ0v) is 20.1. The molecule has 0 saturated carbocycles. The van der Waals surface area contributed by atoms with Gasteiger partial charge in [0.25, 0.3) is 0 Å². The van der Waals surface area contributed by atoms with Crippen LogP contribution in [0, 0.1) is 0 Å². The molecular weight excluding hydrogens is 475 g/mol. The van der Waals surface area contributed by atoms with Crippen LogP contribution in [0.15, 0.2) is 49.3 Å². The van der Waals surface area contributed by atoms with E-state index in [2.05, 4.69) is 21.9 Å². The molecule has 1 N–H and O–H groups in total. The van der Waals surface area contributed by atoms with Crippen LogP contribution in [0.25, 0.3) is 10.9 Å². The number of methoxy groups -OCH3 is 1. The summed E-state index contributed by atoms with van der Waals surface area (Å²) in [6.45, 7) is 3.65. The fourth-order valence-corrected chi connectivity index (χ4v) is 5.29. The Morgan fingerprint density at radius 2 is 1.88 bits per heavy atom. The number of hydrogen-bond acceptors (Lipinski definition) is 6. The van der Waals surface area contributed by atoms with E-state index in [1.807, 2.05) is 23.1 Å². The van der Waals surface area contributed by atoms with Crippen LogP contribution in [0.1, 0.15) is 25.7 Å². The highest BCUT2D eigenvalue weighted by Gasteiger charge is 2.43. The van der Waals surface area contributed by atoms with Crippen LogP contribution >= 0.6 is 23.2 Å². The third kappa shape index (κ3) is 4.26. The number of nitrogens with one attached hydrogen (secondary N) is 1. The minimum absolute atomic E-state index is 0.00408. The monoisotopic (exact) mass is 498 g/mol. The normalized spacial score (nSPS) is 21.4. The summed E-state index contributed by atoms with van der Waals surface area (Å²) in [5, 5.41) is 5.00. The van der Waals surface area contributed by atoms with Gasteiger partial charge in [-0.05, 0) is 43.2 Å². The fraction of sp³-hybridized carbons (Fsp3) is 0.320. The van der Waals surface area contributed by atoms with Crippen LogP contribution in [-0.4, -0.2) is 46.1 Å². The topological polar surface area (TPSA) is 76.6 Å². The predicted molar refractivity (Wildman–Crippen MR) is 133 cm³/mol. The molecule has 2 saturated heterocycles. The Morgan fingerprint density at radius 3 is 2.56 bits per heavy atom. The smallest absolute Gasteiger partial charge is 0.246 e. The van der Waals surface area contributed by atoms with Crippen molar-refractivity contribution in [1.29, 1.82) is 0 Å². The van der Waals surface area contributed by atoms with Crippen LogP contribution < -0.4 is 14.8 Å². The molecule has 34 heavy (non-hydrogen) atoms. The highest BCUT2D eigenvalue weighted by Crippen LogP contribution is 2.41. The zero-order valence-electron chi connectivity index (χ0n) is 18.6. The number of aromatic nitrogens is 2. The van der Waals surface area contributed by atoms with Gasteiger partial charge in [0.2, 0.25) is 5.91 Å². The number of nitrogens with zero attached hydrogens (tertiary/aromatic N) is 3. The molecule has 2 aliphatic rings. The van der Waals surface area contributed by atoms with Crippen LogP contribution in [0.3, 0.4) is 0 Å². The first-order chi connectivity index (χ1) is 16.5. The highest BCUT2D eigenvalue weighted by atomic mass is 35.5. The van der Waals surface area contributed by atoms with Crippen molar-refractivity contribution < 1.29 is 14.3 Å². The van der Waals surface area contributed by atoms with Crippen molar-refractivity contribution in [1.82, 2.24) is 14.9 Å². The predicted octanol–water partition coefficient (Wildman–Crippen LogP) is 5.78. The minimum Gasteiger partial charge on any atom is -0.493 e. The van der Waals surface area contributed by atoms with Crippen molar-refractivity contribution >= 4 is 51.5 Å². The van der Waals surface area contributed by atoms with Crippen LogP contribution in [0.5, 0.6) is 11.5 Å². The van der Waals surface area contributed by atoms with Gasteiger partial charge in [-0.3, -0.25) is 4.79 Å². The van der Waals surface area contributed by atoms with E-state index in [9.17, 15) is 4.79 Å². The average molecular weight is 499 g/mol. The SMILES string of the molecule is C=CC(=O)N1[C@@H]2CC[C@H]1CC(Oc1cc3c(Nc4ccc(Cl)c(Cl)c4)ncnc3cc1OC)C2. The van der Waals surface area contributed by atoms with E-state index in [4.69, 9.17) is 32.7 Å². The van der Waals surface area contributed by atoms with Crippen molar-refractivity contribution in [2.24, 2.45) is 0 Å². The summed E-state index contributed by atoms with van der Waals surface area (Å²) >= 11 is 12.2. The molecule has 7 nitrogen and oxygen atoms in total. The number of fused-ring (bicyclic) bond motifs is 3. The molecule has 9 heteroatoms. The van der Waals surface area contributed by atoms with Gasteiger partial charge in [-0.25, -0.2) is 9.97 Å². The molecule has 2 bridgehead atoms. The summed E-state index contributed by atoms with van der Waals surface area (Å²) < 4.78 is 12.1. The van der Waals surface area contributed by atoms with Crippen molar-refractivity contribution in [3.8, 4) is 11.5 Å². The van der Waals surface area contributed by atoms with Crippen LogP contribution in [0.2, 0.25) is 10.0 Å². The first kappa shape index (κ1) is 22.7. The fourth-order valence-electron chi connectivity index (χ4n) is 4.99. The first-order valence-electron chi connectivity index (χ1n) is 11.1. The number of carbonyl (C=O) groups excluding carboxylic acids is 1. The molecule has 3 heterocycles. The first-order valence-corrected chi connectivity index (χ1v) is 11.9. The van der Waals surface area contributed by atoms with Gasteiger partial charge in [0.1, 0.15) is 18.2 Å². The lowest BCUT2D eigenvalue weighted by Crippen LogP contribution is -2.48. The molecule has 0 radical (unpaired) electrons. The van der Waals surface area contributed by atoms with Gasteiger partial charge in [0.15, 0.2) is 11.5 Å². The largest absolute Gasteiger partial charge is 0.493 e. The minimum atomic E-state index is -0.0196. The lowest BCUT2D eigenvalue weighted by atomic mass is 9.99. The Labute approximate surface area is 207 Å². The molecular formula is C25H24Cl2N4O3. The maximum atomic E-state index is 12.3. The lowest BCUT2D eigenvalue weighted by Gasteiger charge is -2.38. The number of rotatable bonds is 6. The third-order valence-electron chi connectivity index (χ3n) is 6.52. The molecule has 1 aromatic heterocycles. The summed E-state index contributed by atoms with van der Waals surface area (Å²) in [6.07, 6.45) is 6.41. The van der Waals surface area contributed by atoms with Crippen molar-refractivity contribution in [2.75, 3.05) is 12.4 Å². The number of halogens is 2. The number of anilines is 2. The van der Waals surface area contributed by atoms with Gasteiger partial charge in [0, 0.05) is 42.1 Å². The molecule has 176 valence electrons. The number of amides is 1. The number of piperidine rings is 1. The van der Waals surface area contributed by atoms with E-state index < -0.39 is 0 Å². The second kappa shape index (κ2) is 9.31. The lowest BCUT2D eigenvalue weighted by molar-refractivity contribution is -0.131. The zero-order chi connectivity index (χ0) is 23.8. The van der Waals surface area contributed by atoms with Crippen molar-refractivity contribution in [2.45, 2.75) is 43.9 Å². The van der Waals surface area contributed by atoms with E-state index >= 15 is 0 Å². The molecule has 1 amide bonds. The van der Waals surface area contributed by atoms with Crippen molar-refractivity contribution in [3.63, 3.8) is 0 Å². The number of ether oxygens (including phenoxy) is 2. The van der Waals surface area contributed by atoms with Crippen molar-refractivity contribution in [3.05, 3.63) is 59.4 Å². The van der Waals surface area contributed by atoms with Gasteiger partial charge in [-0.15, -0.1) is 0 Å². The summed E-state index contributed by atoms with van der Waals surface area (Å²) in [5.41, 5.74) is 1.47. The Balaban J connectivity index is 1.43. The summed E-state index contributed by atoms with van der Waals surface area (Å²) in [5.74, 6) is 1.84. The molecule has 0 aliphatic carbocycles. The molecule has 0 spiro atoms. The molecule has 1 unspecified atom stereocenters. The van der Waals surface area contributed by atoms with E-state index in [1.165, 1.54) is 12.4 Å². The molecule has 2 aromatic carbocycles. The number of carbonyl (C=O) groups is 1. The maximum Gasteiger partial charge on any atom is 0.246 e. The average Bonchev–Trinajstić information content (AvgIpc) is 3.11. The van der Waals surface area contributed by atoms with Gasteiger partial charge < -0.3 is 19.7 Å². The quantitative estimate of drug-likeness (QED) is 0.434. The van der Waals surface area contributed by atoms with E-state index in [0.29, 0.717) is 32.9 Å². The molecule has 3 atom stereocenters. The summed E-state index contributed by atoms with van der Waals surface area (Å²) in [6, 6.07) is 9.40. The van der Waals surface area contributed by atoms with Gasteiger partial charge >= 0.3 is 0 Å². The molecule has 2 aliphatic heterocycles. The number of hydrogen-bond donors (Lipinski definition) is 1. The maximum absolute atomic E-state index is 12.3. The Morgan fingerprint density at radius 1 is 1.12 bits per heavy atom.